The van der Waals surface area contributed by atoms with Crippen molar-refractivity contribution in [3.63, 3.8) is 0 Å². The summed E-state index contributed by atoms with van der Waals surface area (Å²) in [6.07, 6.45) is 5.05. The fourth-order valence-corrected chi connectivity index (χ4v) is 4.20. The molecule has 2 aromatic carbocycles. The third kappa shape index (κ3) is 5.11. The molecule has 1 saturated heterocycles. The molecule has 0 unspecified atom stereocenters. The lowest BCUT2D eigenvalue weighted by atomic mass is 10.2. The Morgan fingerprint density at radius 1 is 1.10 bits per heavy atom. The fraction of sp³-hybridized carbons (Fsp3) is 0.0455. The summed E-state index contributed by atoms with van der Waals surface area (Å²) in [5.41, 5.74) is 1.78. The number of halogens is 2. The third-order valence-corrected chi connectivity index (χ3v) is 5.89. The molecule has 1 aliphatic rings. The third-order valence-electron chi connectivity index (χ3n) is 4.15. The molecule has 0 radical (unpaired) electrons. The van der Waals surface area contributed by atoms with Crippen LogP contribution < -0.4 is 0 Å². The largest absolute Gasteiger partial charge is 0.467 e. The lowest BCUT2D eigenvalue weighted by molar-refractivity contribution is -0.122. The van der Waals surface area contributed by atoms with Crippen LogP contribution in [-0.4, -0.2) is 22.2 Å². The van der Waals surface area contributed by atoms with Crippen molar-refractivity contribution in [3.8, 4) is 0 Å². The first kappa shape index (κ1) is 20.7. The predicted molar refractivity (Wildman–Crippen MR) is 125 cm³/mol. The first-order chi connectivity index (χ1) is 14.6. The molecule has 8 heteroatoms. The van der Waals surface area contributed by atoms with Gasteiger partial charge in [0.05, 0.1) is 23.9 Å². The van der Waals surface area contributed by atoms with Crippen molar-refractivity contribution in [2.24, 2.45) is 10.2 Å². The molecule has 4 rings (SSSR count). The Hall–Kier alpha value is -2.61. The Labute approximate surface area is 191 Å². The van der Waals surface area contributed by atoms with Gasteiger partial charge in [0.2, 0.25) is 0 Å². The SMILES string of the molecule is O=C1/C(=C/c2ccc(Cl)cc2)S/C(=N\N=C\c2cccc(Br)c2)N1Cc1ccco1. The van der Waals surface area contributed by atoms with E-state index < -0.39 is 0 Å². The van der Waals surface area contributed by atoms with Crippen molar-refractivity contribution < 1.29 is 9.21 Å². The van der Waals surface area contributed by atoms with Gasteiger partial charge in [-0.3, -0.25) is 9.69 Å². The highest BCUT2D eigenvalue weighted by molar-refractivity contribution is 9.10. The minimum atomic E-state index is -0.150. The van der Waals surface area contributed by atoms with Crippen LogP contribution in [0.2, 0.25) is 5.02 Å². The maximum Gasteiger partial charge on any atom is 0.267 e. The number of carbonyl (C=O) groups is 1. The van der Waals surface area contributed by atoms with Crippen LogP contribution in [0.25, 0.3) is 6.08 Å². The highest BCUT2D eigenvalue weighted by Gasteiger charge is 2.34. The molecule has 1 aromatic heterocycles. The average Bonchev–Trinajstić information content (AvgIpc) is 3.34. The highest BCUT2D eigenvalue weighted by atomic mass is 79.9. The van der Waals surface area contributed by atoms with Gasteiger partial charge in [0.25, 0.3) is 5.91 Å². The van der Waals surface area contributed by atoms with E-state index >= 15 is 0 Å². The van der Waals surface area contributed by atoms with Gasteiger partial charge in [0.15, 0.2) is 5.17 Å². The monoisotopic (exact) mass is 499 g/mol. The molecule has 2 heterocycles. The maximum absolute atomic E-state index is 13.0. The summed E-state index contributed by atoms with van der Waals surface area (Å²) >= 11 is 10.7. The fourth-order valence-electron chi connectivity index (χ4n) is 2.72. The summed E-state index contributed by atoms with van der Waals surface area (Å²) in [6, 6.07) is 18.6. The Morgan fingerprint density at radius 2 is 1.93 bits per heavy atom. The van der Waals surface area contributed by atoms with E-state index in [0.717, 1.165) is 15.6 Å². The molecule has 1 aliphatic heterocycles. The standard InChI is InChI=1S/C22H15BrClN3O2S/c23-17-4-1-3-16(11-17)13-25-26-22-27(14-19-5-2-10-29-19)21(28)20(30-22)12-15-6-8-18(24)9-7-15/h1-13H,14H2/b20-12-,25-13+,26-22-. The lowest BCUT2D eigenvalue weighted by Gasteiger charge is -2.12. The molecular weight excluding hydrogens is 486 g/mol. The molecule has 1 amide bonds. The number of amidine groups is 1. The van der Waals surface area contributed by atoms with Crippen molar-refractivity contribution in [2.45, 2.75) is 6.54 Å². The van der Waals surface area contributed by atoms with E-state index in [2.05, 4.69) is 26.1 Å². The second-order valence-corrected chi connectivity index (χ2v) is 8.68. The van der Waals surface area contributed by atoms with Crippen LogP contribution in [-0.2, 0) is 11.3 Å². The number of carbonyl (C=O) groups excluding carboxylic acids is 1. The number of furan rings is 1. The number of thioether (sulfide) groups is 1. The van der Waals surface area contributed by atoms with Gasteiger partial charge in [0.1, 0.15) is 5.76 Å². The zero-order chi connectivity index (χ0) is 20.9. The number of hydrogen-bond donors (Lipinski definition) is 0. The molecule has 0 aliphatic carbocycles. The van der Waals surface area contributed by atoms with Crippen LogP contribution in [0, 0.1) is 0 Å². The molecule has 0 N–H and O–H groups in total. The Balaban J connectivity index is 1.61. The van der Waals surface area contributed by atoms with Crippen molar-refractivity contribution in [2.75, 3.05) is 0 Å². The van der Waals surface area contributed by atoms with E-state index in [4.69, 9.17) is 16.0 Å². The van der Waals surface area contributed by atoms with Gasteiger partial charge in [0, 0.05) is 9.50 Å². The molecule has 150 valence electrons. The molecular formula is C22H15BrClN3O2S. The van der Waals surface area contributed by atoms with Crippen LogP contribution in [0.4, 0.5) is 0 Å². The molecule has 0 saturated carbocycles. The van der Waals surface area contributed by atoms with Crippen molar-refractivity contribution in [3.05, 3.63) is 98.2 Å². The van der Waals surface area contributed by atoms with Gasteiger partial charge in [-0.1, -0.05) is 51.8 Å². The van der Waals surface area contributed by atoms with Crippen molar-refractivity contribution in [1.29, 1.82) is 0 Å². The van der Waals surface area contributed by atoms with Gasteiger partial charge >= 0.3 is 0 Å². The zero-order valence-corrected chi connectivity index (χ0v) is 18.7. The first-order valence-corrected chi connectivity index (χ1v) is 10.9. The van der Waals surface area contributed by atoms with Gasteiger partial charge < -0.3 is 4.42 Å². The van der Waals surface area contributed by atoms with Gasteiger partial charge in [-0.2, -0.15) is 5.10 Å². The Kier molecular flexibility index (Phi) is 6.52. The summed E-state index contributed by atoms with van der Waals surface area (Å²) in [7, 11) is 0. The predicted octanol–water partition coefficient (Wildman–Crippen LogP) is 6.20. The van der Waals surface area contributed by atoms with Gasteiger partial charge in [-0.25, -0.2) is 0 Å². The minimum absolute atomic E-state index is 0.150. The number of rotatable bonds is 5. The number of nitrogens with zero attached hydrogens (tertiary/aromatic N) is 3. The zero-order valence-electron chi connectivity index (χ0n) is 15.5. The minimum Gasteiger partial charge on any atom is -0.467 e. The van der Waals surface area contributed by atoms with Crippen LogP contribution in [0.5, 0.6) is 0 Å². The number of amides is 1. The van der Waals surface area contributed by atoms with E-state index in [1.54, 1.807) is 35.6 Å². The van der Waals surface area contributed by atoms with Crippen LogP contribution in [0.15, 0.2) is 90.9 Å². The second-order valence-electron chi connectivity index (χ2n) is 6.32. The second kappa shape index (κ2) is 9.47. The highest BCUT2D eigenvalue weighted by Crippen LogP contribution is 2.34. The Bertz CT molecular complexity index is 1140. The summed E-state index contributed by atoms with van der Waals surface area (Å²) < 4.78 is 6.37. The summed E-state index contributed by atoms with van der Waals surface area (Å²) in [6.45, 7) is 0.280. The normalized spacial score (nSPS) is 17.0. The van der Waals surface area contributed by atoms with E-state index in [9.17, 15) is 4.79 Å². The lowest BCUT2D eigenvalue weighted by Crippen LogP contribution is -2.28. The van der Waals surface area contributed by atoms with Crippen molar-refractivity contribution in [1.82, 2.24) is 4.90 Å². The van der Waals surface area contributed by atoms with Crippen molar-refractivity contribution >= 4 is 62.7 Å². The van der Waals surface area contributed by atoms with E-state index in [1.165, 1.54) is 11.8 Å². The van der Waals surface area contributed by atoms with E-state index in [1.807, 2.05) is 48.5 Å². The number of benzene rings is 2. The molecule has 0 atom stereocenters. The quantitative estimate of drug-likeness (QED) is 0.238. The van der Waals surface area contributed by atoms with Crippen LogP contribution in [0.1, 0.15) is 16.9 Å². The first-order valence-electron chi connectivity index (χ1n) is 8.94. The van der Waals surface area contributed by atoms with Crippen LogP contribution in [0.3, 0.4) is 0 Å². The summed E-state index contributed by atoms with van der Waals surface area (Å²) in [5.74, 6) is 0.517. The van der Waals surface area contributed by atoms with E-state index in [-0.39, 0.29) is 12.5 Å². The smallest absolute Gasteiger partial charge is 0.267 e. The average molecular weight is 501 g/mol. The molecule has 3 aromatic rings. The Morgan fingerprint density at radius 3 is 2.67 bits per heavy atom. The molecule has 0 bridgehead atoms. The maximum atomic E-state index is 13.0. The van der Waals surface area contributed by atoms with Crippen LogP contribution >= 0.6 is 39.3 Å². The summed E-state index contributed by atoms with van der Waals surface area (Å²) in [4.78, 5) is 15.1. The van der Waals surface area contributed by atoms with Gasteiger partial charge in [-0.15, -0.1) is 5.10 Å². The van der Waals surface area contributed by atoms with Gasteiger partial charge in [-0.05, 0) is 65.4 Å². The topological polar surface area (TPSA) is 58.2 Å². The molecule has 0 spiro atoms. The molecule has 5 nitrogen and oxygen atoms in total. The van der Waals surface area contributed by atoms with E-state index in [0.29, 0.717) is 20.9 Å². The summed E-state index contributed by atoms with van der Waals surface area (Å²) in [5, 5.41) is 9.62. The molecule has 1 fully saturated rings. The molecule has 30 heavy (non-hydrogen) atoms. The number of hydrogen-bond acceptors (Lipinski definition) is 5.